The van der Waals surface area contributed by atoms with E-state index in [1.165, 1.54) is 32.1 Å². The zero-order valence-corrected chi connectivity index (χ0v) is 9.55. The van der Waals surface area contributed by atoms with Gasteiger partial charge in [-0.3, -0.25) is 5.84 Å². The molecule has 0 radical (unpaired) electrons. The molecule has 0 aliphatic rings. The van der Waals surface area contributed by atoms with Gasteiger partial charge in [-0.25, -0.2) is 5.01 Å². The minimum absolute atomic E-state index is 0.809. The summed E-state index contributed by atoms with van der Waals surface area (Å²) in [5, 5.41) is 1.97. The Morgan fingerprint density at radius 3 is 2.23 bits per heavy atom. The first-order valence-corrected chi connectivity index (χ1v) is 5.66. The number of hydrazine groups is 1. The summed E-state index contributed by atoms with van der Waals surface area (Å²) < 4.78 is 0. The highest BCUT2D eigenvalue weighted by molar-refractivity contribution is 4.52. The van der Waals surface area contributed by atoms with Crippen molar-refractivity contribution in [3.63, 3.8) is 0 Å². The van der Waals surface area contributed by atoms with Crippen LogP contribution >= 0.6 is 0 Å². The molecule has 13 heavy (non-hydrogen) atoms. The Hall–Kier alpha value is -0.0800. The highest BCUT2D eigenvalue weighted by Crippen LogP contribution is 2.04. The lowest BCUT2D eigenvalue weighted by Gasteiger charge is -2.16. The summed E-state index contributed by atoms with van der Waals surface area (Å²) in [7, 11) is 0. The second-order valence-electron chi connectivity index (χ2n) is 4.28. The van der Waals surface area contributed by atoms with Crippen molar-refractivity contribution in [2.24, 2.45) is 11.8 Å². The Labute approximate surface area is 83.5 Å². The van der Waals surface area contributed by atoms with Gasteiger partial charge in [-0.15, -0.1) is 0 Å². The third kappa shape index (κ3) is 9.84. The predicted molar refractivity (Wildman–Crippen MR) is 59.4 cm³/mol. The van der Waals surface area contributed by atoms with Crippen LogP contribution in [0.1, 0.15) is 52.9 Å². The van der Waals surface area contributed by atoms with Crippen molar-refractivity contribution < 1.29 is 0 Å². The molecule has 80 valence electrons. The van der Waals surface area contributed by atoms with Crippen molar-refractivity contribution in [1.29, 1.82) is 0 Å². The van der Waals surface area contributed by atoms with Crippen LogP contribution in [0.25, 0.3) is 0 Å². The van der Waals surface area contributed by atoms with E-state index in [1.807, 2.05) is 5.01 Å². The highest BCUT2D eigenvalue weighted by Gasteiger charge is 1.99. The molecule has 0 saturated heterocycles. The molecule has 2 nitrogen and oxygen atoms in total. The van der Waals surface area contributed by atoms with E-state index in [9.17, 15) is 0 Å². The van der Waals surface area contributed by atoms with E-state index in [4.69, 9.17) is 5.84 Å². The SMILES string of the molecule is CCCCCN(N)CCCC(C)C. The number of unbranched alkanes of at least 4 members (excludes halogenated alkanes) is 2. The Kier molecular flexibility index (Phi) is 8.46. The monoisotopic (exact) mass is 186 g/mol. The van der Waals surface area contributed by atoms with Crippen LogP contribution in [0.2, 0.25) is 0 Å². The largest absolute Gasteiger partial charge is 0.269 e. The first-order valence-electron chi connectivity index (χ1n) is 5.66. The lowest BCUT2D eigenvalue weighted by molar-refractivity contribution is 0.265. The number of hydrogen-bond acceptors (Lipinski definition) is 2. The molecule has 0 spiro atoms. The quantitative estimate of drug-likeness (QED) is 0.359. The summed E-state index contributed by atoms with van der Waals surface area (Å²) in [6.07, 6.45) is 6.36. The third-order valence-electron chi connectivity index (χ3n) is 2.28. The smallest absolute Gasteiger partial charge is 0.0128 e. The summed E-state index contributed by atoms with van der Waals surface area (Å²) in [6.45, 7) is 8.86. The number of rotatable bonds is 8. The average molecular weight is 186 g/mol. The maximum atomic E-state index is 5.83. The molecule has 2 N–H and O–H groups in total. The summed E-state index contributed by atoms with van der Waals surface area (Å²) in [6, 6.07) is 0. The van der Waals surface area contributed by atoms with Crippen molar-refractivity contribution in [1.82, 2.24) is 5.01 Å². The highest BCUT2D eigenvalue weighted by atomic mass is 15.4. The van der Waals surface area contributed by atoms with Crippen LogP contribution in [-0.4, -0.2) is 18.1 Å². The van der Waals surface area contributed by atoms with Crippen LogP contribution in [0.3, 0.4) is 0 Å². The molecule has 0 rings (SSSR count). The van der Waals surface area contributed by atoms with Crippen LogP contribution in [-0.2, 0) is 0 Å². The summed E-state index contributed by atoms with van der Waals surface area (Å²) in [5.74, 6) is 6.64. The second-order valence-corrected chi connectivity index (χ2v) is 4.28. The van der Waals surface area contributed by atoms with E-state index in [0.717, 1.165) is 19.0 Å². The van der Waals surface area contributed by atoms with Gasteiger partial charge in [0.15, 0.2) is 0 Å². The molecule has 0 fully saturated rings. The molecule has 0 saturated carbocycles. The molecule has 0 atom stereocenters. The lowest BCUT2D eigenvalue weighted by atomic mass is 10.1. The van der Waals surface area contributed by atoms with E-state index in [0.29, 0.717) is 0 Å². The first-order chi connectivity index (χ1) is 6.16. The van der Waals surface area contributed by atoms with E-state index in [1.54, 1.807) is 0 Å². The predicted octanol–water partition coefficient (Wildman–Crippen LogP) is 2.79. The van der Waals surface area contributed by atoms with Gasteiger partial charge in [0, 0.05) is 13.1 Å². The molecule has 2 heteroatoms. The maximum Gasteiger partial charge on any atom is 0.0128 e. The van der Waals surface area contributed by atoms with Crippen molar-refractivity contribution in [3.05, 3.63) is 0 Å². The fourth-order valence-corrected chi connectivity index (χ4v) is 1.38. The molecular weight excluding hydrogens is 160 g/mol. The third-order valence-corrected chi connectivity index (χ3v) is 2.28. The fourth-order valence-electron chi connectivity index (χ4n) is 1.38. The van der Waals surface area contributed by atoms with Gasteiger partial charge in [-0.2, -0.15) is 0 Å². The van der Waals surface area contributed by atoms with Crippen LogP contribution in [0.5, 0.6) is 0 Å². The zero-order valence-electron chi connectivity index (χ0n) is 9.55. The Balaban J connectivity index is 3.15. The minimum Gasteiger partial charge on any atom is -0.269 e. The molecular formula is C11H26N2. The maximum absolute atomic E-state index is 5.83. The minimum atomic E-state index is 0.809. The van der Waals surface area contributed by atoms with Gasteiger partial charge in [0.1, 0.15) is 0 Å². The number of nitrogens with zero attached hydrogens (tertiary/aromatic N) is 1. The van der Waals surface area contributed by atoms with Crippen LogP contribution in [0.15, 0.2) is 0 Å². The summed E-state index contributed by atoms with van der Waals surface area (Å²) in [4.78, 5) is 0. The molecule has 0 aliphatic carbocycles. The molecule has 0 amide bonds. The molecule has 0 aliphatic heterocycles. The normalized spacial score (nSPS) is 11.5. The van der Waals surface area contributed by atoms with E-state index in [-0.39, 0.29) is 0 Å². The molecule has 0 aromatic heterocycles. The van der Waals surface area contributed by atoms with Crippen molar-refractivity contribution >= 4 is 0 Å². The fraction of sp³-hybridized carbons (Fsp3) is 1.00. The topological polar surface area (TPSA) is 29.3 Å². The number of hydrogen-bond donors (Lipinski definition) is 1. The molecule has 0 bridgehead atoms. The van der Waals surface area contributed by atoms with Gasteiger partial charge < -0.3 is 0 Å². The van der Waals surface area contributed by atoms with Gasteiger partial charge in [0.05, 0.1) is 0 Å². The first kappa shape index (κ1) is 12.9. The van der Waals surface area contributed by atoms with Crippen LogP contribution < -0.4 is 5.84 Å². The van der Waals surface area contributed by atoms with Crippen molar-refractivity contribution in [2.75, 3.05) is 13.1 Å². The van der Waals surface area contributed by atoms with Gasteiger partial charge >= 0.3 is 0 Å². The van der Waals surface area contributed by atoms with Crippen molar-refractivity contribution in [3.8, 4) is 0 Å². The van der Waals surface area contributed by atoms with Crippen molar-refractivity contribution in [2.45, 2.75) is 52.9 Å². The van der Waals surface area contributed by atoms with Gasteiger partial charge in [-0.05, 0) is 25.2 Å². The van der Waals surface area contributed by atoms with E-state index in [2.05, 4.69) is 20.8 Å². The second kappa shape index (κ2) is 8.52. The summed E-state index contributed by atoms with van der Waals surface area (Å²) in [5.41, 5.74) is 0. The Morgan fingerprint density at radius 2 is 1.69 bits per heavy atom. The standard InChI is InChI=1S/C11H26N2/c1-4-5-6-9-13(12)10-7-8-11(2)3/h11H,4-10,12H2,1-3H3. The van der Waals surface area contributed by atoms with Crippen LogP contribution in [0, 0.1) is 5.92 Å². The lowest BCUT2D eigenvalue weighted by Crippen LogP contribution is -2.33. The number of nitrogens with two attached hydrogens (primary N) is 1. The van der Waals surface area contributed by atoms with Gasteiger partial charge in [0.25, 0.3) is 0 Å². The Morgan fingerprint density at radius 1 is 1.08 bits per heavy atom. The molecule has 0 aromatic rings. The molecule has 0 aromatic carbocycles. The van der Waals surface area contributed by atoms with Gasteiger partial charge in [-0.1, -0.05) is 33.6 Å². The van der Waals surface area contributed by atoms with E-state index < -0.39 is 0 Å². The average Bonchev–Trinajstić information content (AvgIpc) is 2.04. The zero-order chi connectivity index (χ0) is 10.1. The van der Waals surface area contributed by atoms with Crippen LogP contribution in [0.4, 0.5) is 0 Å². The molecule has 0 heterocycles. The summed E-state index contributed by atoms with van der Waals surface area (Å²) >= 11 is 0. The van der Waals surface area contributed by atoms with E-state index >= 15 is 0 Å². The van der Waals surface area contributed by atoms with Gasteiger partial charge in [0.2, 0.25) is 0 Å². The Bertz CT molecular complexity index is 102. The molecule has 0 unspecified atom stereocenters.